The number of nitrogens with one attached hydrogen (secondary N) is 1. The zero-order chi connectivity index (χ0) is 23.9. The largest absolute Gasteiger partial charge is 0.497 e. The summed E-state index contributed by atoms with van der Waals surface area (Å²) in [6.07, 6.45) is 0.831. The summed E-state index contributed by atoms with van der Waals surface area (Å²) >= 11 is 3.06. The lowest BCUT2D eigenvalue weighted by molar-refractivity contribution is 0.0531. The summed E-state index contributed by atoms with van der Waals surface area (Å²) in [6, 6.07) is 18.2. The monoisotopic (exact) mass is 493 g/mol. The summed E-state index contributed by atoms with van der Waals surface area (Å²) in [4.78, 5) is 24.7. The first-order valence-electron chi connectivity index (χ1n) is 11.1. The zero-order valence-electron chi connectivity index (χ0n) is 19.5. The van der Waals surface area contributed by atoms with Crippen LogP contribution < -0.4 is 10.1 Å². The Morgan fingerprint density at radius 1 is 1.09 bits per heavy atom. The van der Waals surface area contributed by atoms with Gasteiger partial charge in [0.25, 0.3) is 0 Å². The maximum absolute atomic E-state index is 12.5. The van der Waals surface area contributed by atoms with E-state index in [1.165, 1.54) is 16.9 Å². The van der Waals surface area contributed by atoms with E-state index in [2.05, 4.69) is 29.6 Å². The molecule has 4 aromatic rings. The first kappa shape index (κ1) is 24.0. The van der Waals surface area contributed by atoms with E-state index >= 15 is 0 Å². The Bertz CT molecular complexity index is 1260. The van der Waals surface area contributed by atoms with Crippen LogP contribution in [-0.4, -0.2) is 36.2 Å². The molecule has 2 heterocycles. The number of aromatic nitrogens is 2. The van der Waals surface area contributed by atoms with E-state index in [0.29, 0.717) is 23.8 Å². The van der Waals surface area contributed by atoms with Gasteiger partial charge in [-0.25, -0.2) is 14.8 Å². The van der Waals surface area contributed by atoms with Crippen LogP contribution in [0.3, 0.4) is 0 Å². The molecule has 0 bridgehead atoms. The number of thiophene rings is 1. The molecule has 2 aromatic carbocycles. The van der Waals surface area contributed by atoms with Gasteiger partial charge < -0.3 is 14.8 Å². The van der Waals surface area contributed by atoms with Gasteiger partial charge in [-0.3, -0.25) is 0 Å². The summed E-state index contributed by atoms with van der Waals surface area (Å²) in [5, 5.41) is 4.38. The van der Waals surface area contributed by atoms with Crippen LogP contribution in [0.15, 0.2) is 59.5 Å². The van der Waals surface area contributed by atoms with E-state index in [4.69, 9.17) is 19.4 Å². The number of esters is 1. The molecule has 0 saturated heterocycles. The van der Waals surface area contributed by atoms with Gasteiger partial charge in [0.1, 0.15) is 27.1 Å². The number of rotatable bonds is 10. The van der Waals surface area contributed by atoms with E-state index in [9.17, 15) is 4.79 Å². The Morgan fingerprint density at radius 2 is 1.85 bits per heavy atom. The van der Waals surface area contributed by atoms with E-state index < -0.39 is 0 Å². The second-order valence-corrected chi connectivity index (χ2v) is 9.62. The number of thioether (sulfide) groups is 1. The van der Waals surface area contributed by atoms with Crippen LogP contribution >= 0.6 is 23.1 Å². The van der Waals surface area contributed by atoms with Gasteiger partial charge in [-0.15, -0.1) is 23.1 Å². The third-order valence-electron chi connectivity index (χ3n) is 5.27. The van der Waals surface area contributed by atoms with Gasteiger partial charge in [0.15, 0.2) is 0 Å². The van der Waals surface area contributed by atoms with Crippen LogP contribution in [0.2, 0.25) is 0 Å². The topological polar surface area (TPSA) is 73.3 Å². The molecule has 0 amide bonds. The molecular formula is C26H27N3O3S2. The van der Waals surface area contributed by atoms with Gasteiger partial charge in [0.05, 0.1) is 24.9 Å². The van der Waals surface area contributed by atoms with Gasteiger partial charge in [0, 0.05) is 11.4 Å². The van der Waals surface area contributed by atoms with Crippen molar-refractivity contribution >= 4 is 45.1 Å². The maximum atomic E-state index is 12.5. The molecule has 0 unspecified atom stereocenters. The fourth-order valence-corrected chi connectivity index (χ4v) is 5.42. The van der Waals surface area contributed by atoms with Gasteiger partial charge >= 0.3 is 5.97 Å². The van der Waals surface area contributed by atoms with Gasteiger partial charge in [-0.05, 0) is 55.7 Å². The standard InChI is InChI=1S/C26H27N3O3S2/c1-4-32-26(30)23-17(2)22-24(27-15-14-18-10-12-19(31-3)13-11-18)28-21(29-25(22)34-23)16-33-20-8-6-5-7-9-20/h5-13H,4,14-16H2,1-3H3,(H,27,28,29). The lowest BCUT2D eigenvalue weighted by Gasteiger charge is -2.10. The average molecular weight is 494 g/mol. The number of methoxy groups -OCH3 is 1. The number of benzene rings is 2. The van der Waals surface area contributed by atoms with Crippen molar-refractivity contribution in [3.8, 4) is 5.75 Å². The number of carbonyl (C=O) groups is 1. The van der Waals surface area contributed by atoms with Crippen molar-refractivity contribution in [2.24, 2.45) is 0 Å². The van der Waals surface area contributed by atoms with Crippen molar-refractivity contribution in [2.75, 3.05) is 25.6 Å². The summed E-state index contributed by atoms with van der Waals surface area (Å²) in [5.41, 5.74) is 2.06. The molecular weight excluding hydrogens is 466 g/mol. The average Bonchev–Trinajstić information content (AvgIpc) is 3.20. The predicted octanol–water partition coefficient (Wildman–Crippen LogP) is 6.13. The molecule has 4 rings (SSSR count). The Kier molecular flexibility index (Phi) is 8.03. The van der Waals surface area contributed by atoms with E-state index in [0.717, 1.165) is 44.5 Å². The molecule has 0 aliphatic carbocycles. The molecule has 0 spiro atoms. The number of aryl methyl sites for hydroxylation is 1. The highest BCUT2D eigenvalue weighted by Crippen LogP contribution is 2.35. The SMILES string of the molecule is CCOC(=O)c1sc2nc(CSc3ccccc3)nc(NCCc3ccc(OC)cc3)c2c1C. The van der Waals surface area contributed by atoms with Crippen molar-refractivity contribution in [3.05, 3.63) is 76.4 Å². The number of fused-ring (bicyclic) bond motifs is 1. The third-order valence-corrected chi connectivity index (χ3v) is 7.45. The first-order chi connectivity index (χ1) is 16.6. The molecule has 0 radical (unpaired) electrons. The highest BCUT2D eigenvalue weighted by molar-refractivity contribution is 7.98. The molecule has 1 N–H and O–H groups in total. The lowest BCUT2D eigenvalue weighted by atomic mass is 10.1. The van der Waals surface area contributed by atoms with E-state index in [1.54, 1.807) is 18.9 Å². The quantitative estimate of drug-likeness (QED) is 0.210. The molecule has 0 atom stereocenters. The van der Waals surface area contributed by atoms with Gasteiger partial charge in [0.2, 0.25) is 0 Å². The predicted molar refractivity (Wildman–Crippen MR) is 139 cm³/mol. The molecule has 6 nitrogen and oxygen atoms in total. The Balaban J connectivity index is 1.59. The molecule has 0 fully saturated rings. The van der Waals surface area contributed by atoms with Gasteiger partial charge in [-0.2, -0.15) is 0 Å². The van der Waals surface area contributed by atoms with Crippen molar-refractivity contribution in [3.63, 3.8) is 0 Å². The zero-order valence-corrected chi connectivity index (χ0v) is 21.1. The molecule has 0 aliphatic rings. The fraction of sp³-hybridized carbons (Fsp3) is 0.269. The number of hydrogen-bond donors (Lipinski definition) is 1. The Labute approximate surface area is 207 Å². The maximum Gasteiger partial charge on any atom is 0.348 e. The van der Waals surface area contributed by atoms with Crippen LogP contribution in [0.25, 0.3) is 10.2 Å². The van der Waals surface area contributed by atoms with Crippen LogP contribution in [0.5, 0.6) is 5.75 Å². The highest BCUT2D eigenvalue weighted by Gasteiger charge is 2.21. The van der Waals surface area contributed by atoms with Crippen molar-refractivity contribution in [1.82, 2.24) is 9.97 Å². The Hall–Kier alpha value is -3.10. The number of hydrogen-bond acceptors (Lipinski definition) is 8. The summed E-state index contributed by atoms with van der Waals surface area (Å²) in [7, 11) is 1.67. The highest BCUT2D eigenvalue weighted by atomic mass is 32.2. The third kappa shape index (κ3) is 5.69. The molecule has 176 valence electrons. The summed E-state index contributed by atoms with van der Waals surface area (Å²) in [6.45, 7) is 4.78. The van der Waals surface area contributed by atoms with E-state index in [1.807, 2.05) is 44.2 Å². The van der Waals surface area contributed by atoms with Crippen LogP contribution in [0, 0.1) is 6.92 Å². The molecule has 2 aromatic heterocycles. The number of anilines is 1. The second kappa shape index (κ2) is 11.4. The molecule has 34 heavy (non-hydrogen) atoms. The van der Waals surface area contributed by atoms with Crippen molar-refractivity contribution < 1.29 is 14.3 Å². The minimum absolute atomic E-state index is 0.313. The number of nitrogens with zero attached hydrogens (tertiary/aromatic N) is 2. The van der Waals surface area contributed by atoms with E-state index in [-0.39, 0.29) is 5.97 Å². The number of ether oxygens (including phenoxy) is 2. The summed E-state index contributed by atoms with van der Waals surface area (Å²) in [5.74, 6) is 2.65. The number of carbonyl (C=O) groups excluding carboxylic acids is 1. The molecule has 0 saturated carbocycles. The molecule has 0 aliphatic heterocycles. The minimum Gasteiger partial charge on any atom is -0.497 e. The van der Waals surface area contributed by atoms with Crippen molar-refractivity contribution in [1.29, 1.82) is 0 Å². The fourth-order valence-electron chi connectivity index (χ4n) is 3.55. The first-order valence-corrected chi connectivity index (χ1v) is 12.9. The lowest BCUT2D eigenvalue weighted by Crippen LogP contribution is -2.09. The smallest absolute Gasteiger partial charge is 0.348 e. The Morgan fingerprint density at radius 3 is 2.56 bits per heavy atom. The minimum atomic E-state index is -0.313. The second-order valence-electron chi connectivity index (χ2n) is 7.57. The van der Waals surface area contributed by atoms with Gasteiger partial charge in [-0.1, -0.05) is 30.3 Å². The van der Waals surface area contributed by atoms with Crippen LogP contribution in [0.1, 0.15) is 33.5 Å². The summed E-state index contributed by atoms with van der Waals surface area (Å²) < 4.78 is 10.5. The van der Waals surface area contributed by atoms with Crippen molar-refractivity contribution in [2.45, 2.75) is 30.9 Å². The van der Waals surface area contributed by atoms with Crippen LogP contribution in [0.4, 0.5) is 5.82 Å². The molecule has 8 heteroatoms. The van der Waals surface area contributed by atoms with Crippen LogP contribution in [-0.2, 0) is 16.9 Å². The normalized spacial score (nSPS) is 10.9.